The second-order valence-corrected chi connectivity index (χ2v) is 2.52. The fourth-order valence-corrected chi connectivity index (χ4v) is 1.01. The lowest BCUT2D eigenvalue weighted by atomic mass is 10.2. The third-order valence-electron chi connectivity index (χ3n) is 1.65. The molecule has 0 aliphatic rings. The minimum Gasteiger partial charge on any atom is -0.249 e. The fourth-order valence-electron chi connectivity index (χ4n) is 1.01. The highest BCUT2D eigenvalue weighted by atomic mass is 17.1. The SMILES string of the molecule is CN(N=O)C(OO)c1ccccc1. The van der Waals surface area contributed by atoms with Crippen molar-refractivity contribution in [2.24, 2.45) is 5.29 Å². The van der Waals surface area contributed by atoms with Crippen LogP contribution in [0, 0.1) is 4.91 Å². The molecule has 0 fully saturated rings. The molecule has 1 aromatic rings. The van der Waals surface area contributed by atoms with Gasteiger partial charge in [-0.15, -0.1) is 4.91 Å². The monoisotopic (exact) mass is 182 g/mol. The summed E-state index contributed by atoms with van der Waals surface area (Å²) < 4.78 is 0. The molecule has 70 valence electrons. The van der Waals surface area contributed by atoms with Crippen LogP contribution in [0.1, 0.15) is 11.8 Å². The Morgan fingerprint density at radius 2 is 2.08 bits per heavy atom. The number of nitroso groups, excluding NO2 is 1. The Labute approximate surface area is 75.4 Å². The molecule has 0 saturated heterocycles. The van der Waals surface area contributed by atoms with Gasteiger partial charge in [0.15, 0.2) is 0 Å². The van der Waals surface area contributed by atoms with Crippen LogP contribution < -0.4 is 0 Å². The molecule has 5 nitrogen and oxygen atoms in total. The Morgan fingerprint density at radius 3 is 2.54 bits per heavy atom. The number of rotatable bonds is 4. The van der Waals surface area contributed by atoms with Gasteiger partial charge in [-0.3, -0.25) is 0 Å². The molecule has 0 aliphatic carbocycles. The molecule has 5 heteroatoms. The molecular weight excluding hydrogens is 172 g/mol. The molecule has 13 heavy (non-hydrogen) atoms. The van der Waals surface area contributed by atoms with E-state index in [0.717, 1.165) is 5.01 Å². The maximum absolute atomic E-state index is 10.2. The fraction of sp³-hybridized carbons (Fsp3) is 0.250. The van der Waals surface area contributed by atoms with Crippen LogP contribution in [0.3, 0.4) is 0 Å². The minimum atomic E-state index is -0.848. The summed E-state index contributed by atoms with van der Waals surface area (Å²) >= 11 is 0. The summed E-state index contributed by atoms with van der Waals surface area (Å²) in [5.74, 6) is 0. The second-order valence-electron chi connectivity index (χ2n) is 2.52. The van der Waals surface area contributed by atoms with Gasteiger partial charge in [-0.25, -0.2) is 15.2 Å². The molecule has 1 unspecified atom stereocenters. The Hall–Kier alpha value is -1.46. The molecule has 1 atom stereocenters. The zero-order valence-corrected chi connectivity index (χ0v) is 7.12. The Balaban J connectivity index is 2.84. The van der Waals surface area contributed by atoms with Crippen molar-refractivity contribution in [1.29, 1.82) is 0 Å². The van der Waals surface area contributed by atoms with Crippen LogP contribution in [0.4, 0.5) is 0 Å². The topological polar surface area (TPSA) is 62.1 Å². The Morgan fingerprint density at radius 1 is 1.46 bits per heavy atom. The van der Waals surface area contributed by atoms with Gasteiger partial charge in [0.2, 0.25) is 6.23 Å². The molecule has 0 amide bonds. The maximum Gasteiger partial charge on any atom is 0.207 e. The quantitative estimate of drug-likeness (QED) is 0.333. The molecule has 0 bridgehead atoms. The van der Waals surface area contributed by atoms with Gasteiger partial charge in [-0.05, 0) is 0 Å². The third-order valence-corrected chi connectivity index (χ3v) is 1.65. The smallest absolute Gasteiger partial charge is 0.207 e. The zero-order valence-electron chi connectivity index (χ0n) is 7.12. The van der Waals surface area contributed by atoms with Gasteiger partial charge in [-0.2, -0.15) is 0 Å². The van der Waals surface area contributed by atoms with E-state index in [2.05, 4.69) is 10.2 Å². The van der Waals surface area contributed by atoms with E-state index in [1.165, 1.54) is 7.05 Å². The van der Waals surface area contributed by atoms with E-state index in [1.807, 2.05) is 6.07 Å². The highest BCUT2D eigenvalue weighted by molar-refractivity contribution is 5.16. The van der Waals surface area contributed by atoms with Crippen molar-refractivity contribution < 1.29 is 10.1 Å². The van der Waals surface area contributed by atoms with Crippen LogP contribution >= 0.6 is 0 Å². The number of hydrogen-bond acceptors (Lipinski definition) is 4. The lowest BCUT2D eigenvalue weighted by Gasteiger charge is -2.18. The van der Waals surface area contributed by atoms with E-state index in [0.29, 0.717) is 5.56 Å². The van der Waals surface area contributed by atoms with E-state index in [4.69, 9.17) is 5.26 Å². The first-order valence-corrected chi connectivity index (χ1v) is 3.71. The largest absolute Gasteiger partial charge is 0.249 e. The number of nitrogens with zero attached hydrogens (tertiary/aromatic N) is 2. The lowest BCUT2D eigenvalue weighted by Crippen LogP contribution is -2.20. The summed E-state index contributed by atoms with van der Waals surface area (Å²) in [7, 11) is 1.42. The Kier molecular flexibility index (Phi) is 3.36. The summed E-state index contributed by atoms with van der Waals surface area (Å²) in [5.41, 5.74) is 0.659. The van der Waals surface area contributed by atoms with Crippen molar-refractivity contribution in [3.63, 3.8) is 0 Å². The van der Waals surface area contributed by atoms with Crippen LogP contribution in [0.5, 0.6) is 0 Å². The molecule has 0 spiro atoms. The molecule has 1 rings (SSSR count). The Bertz CT molecular complexity index is 265. The van der Waals surface area contributed by atoms with Gasteiger partial charge in [-0.1, -0.05) is 30.3 Å². The van der Waals surface area contributed by atoms with Crippen LogP contribution in [0.2, 0.25) is 0 Å². The van der Waals surface area contributed by atoms with Gasteiger partial charge < -0.3 is 0 Å². The van der Waals surface area contributed by atoms with Gasteiger partial charge in [0, 0.05) is 12.6 Å². The molecule has 1 N–H and O–H groups in total. The molecule has 0 aliphatic heterocycles. The van der Waals surface area contributed by atoms with E-state index < -0.39 is 6.23 Å². The standard InChI is InChI=1S/C8H10N2O3/c1-10(9-11)8(13-12)7-5-3-2-4-6-7/h2-6,8,12H,1H3. The van der Waals surface area contributed by atoms with Crippen LogP contribution in [0.15, 0.2) is 35.6 Å². The van der Waals surface area contributed by atoms with Gasteiger partial charge in [0.05, 0.1) is 5.29 Å². The second kappa shape index (κ2) is 4.54. The molecule has 0 radical (unpaired) electrons. The maximum atomic E-state index is 10.2. The minimum absolute atomic E-state index is 0.659. The van der Waals surface area contributed by atoms with Crippen molar-refractivity contribution in [2.75, 3.05) is 7.05 Å². The first-order valence-electron chi connectivity index (χ1n) is 3.71. The van der Waals surface area contributed by atoms with E-state index in [9.17, 15) is 4.91 Å². The summed E-state index contributed by atoms with van der Waals surface area (Å²) in [6.07, 6.45) is -0.848. The molecular formula is C8H10N2O3. The summed E-state index contributed by atoms with van der Waals surface area (Å²) in [6.45, 7) is 0. The highest BCUT2D eigenvalue weighted by Gasteiger charge is 2.16. The first kappa shape index (κ1) is 9.63. The number of hydrogen-bond donors (Lipinski definition) is 1. The van der Waals surface area contributed by atoms with Crippen molar-refractivity contribution >= 4 is 0 Å². The van der Waals surface area contributed by atoms with Crippen LogP contribution in [-0.2, 0) is 4.89 Å². The molecule has 0 saturated carbocycles. The molecule has 0 heterocycles. The molecule has 0 aromatic heterocycles. The average molecular weight is 182 g/mol. The predicted octanol–water partition coefficient (Wildman–Crippen LogP) is 1.79. The van der Waals surface area contributed by atoms with Gasteiger partial charge in [0.1, 0.15) is 0 Å². The van der Waals surface area contributed by atoms with Crippen molar-refractivity contribution in [1.82, 2.24) is 5.01 Å². The highest BCUT2D eigenvalue weighted by Crippen LogP contribution is 2.19. The van der Waals surface area contributed by atoms with Crippen LogP contribution in [0.25, 0.3) is 0 Å². The van der Waals surface area contributed by atoms with Gasteiger partial charge in [0.25, 0.3) is 0 Å². The van der Waals surface area contributed by atoms with E-state index >= 15 is 0 Å². The van der Waals surface area contributed by atoms with Crippen molar-refractivity contribution in [3.8, 4) is 0 Å². The van der Waals surface area contributed by atoms with E-state index in [1.54, 1.807) is 24.3 Å². The predicted molar refractivity (Wildman–Crippen MR) is 46.5 cm³/mol. The first-order chi connectivity index (χ1) is 6.29. The van der Waals surface area contributed by atoms with Gasteiger partial charge >= 0.3 is 0 Å². The average Bonchev–Trinajstić information content (AvgIpc) is 2.20. The van der Waals surface area contributed by atoms with Crippen LogP contribution in [-0.4, -0.2) is 17.3 Å². The summed E-state index contributed by atoms with van der Waals surface area (Å²) in [6, 6.07) is 8.83. The molecule has 1 aromatic carbocycles. The van der Waals surface area contributed by atoms with Crippen molar-refractivity contribution in [2.45, 2.75) is 6.23 Å². The third kappa shape index (κ3) is 2.24. The van der Waals surface area contributed by atoms with E-state index in [-0.39, 0.29) is 0 Å². The zero-order chi connectivity index (χ0) is 9.68. The summed E-state index contributed by atoms with van der Waals surface area (Å²) in [5, 5.41) is 12.2. The lowest BCUT2D eigenvalue weighted by molar-refractivity contribution is -0.315. The van der Waals surface area contributed by atoms with Crippen molar-refractivity contribution in [3.05, 3.63) is 40.8 Å². The number of benzene rings is 1. The summed E-state index contributed by atoms with van der Waals surface area (Å²) in [4.78, 5) is 14.3. The normalized spacial score (nSPS) is 12.2.